The van der Waals surface area contributed by atoms with Crippen LogP contribution in [0, 0.1) is 5.41 Å². The van der Waals surface area contributed by atoms with E-state index in [1.807, 2.05) is 0 Å². The maximum absolute atomic E-state index is 8.30. The molecule has 0 aliphatic heterocycles. The van der Waals surface area contributed by atoms with Crippen LogP contribution in [0.15, 0.2) is 21.9 Å². The highest BCUT2D eigenvalue weighted by Crippen LogP contribution is 1.95. The zero-order valence-corrected chi connectivity index (χ0v) is 4.83. The third-order valence-electron chi connectivity index (χ3n) is 0.693. The first-order valence-corrected chi connectivity index (χ1v) is 2.13. The molecule has 0 saturated carbocycles. The maximum atomic E-state index is 8.30. The van der Waals surface area contributed by atoms with Gasteiger partial charge in [-0.15, -0.1) is 0 Å². The summed E-state index contributed by atoms with van der Waals surface area (Å²) in [5.41, 5.74) is 0.0185. The van der Waals surface area contributed by atoms with Crippen LogP contribution in [-0.2, 0) is 0 Å². The Bertz CT molecular complexity index is 171. The minimum atomic E-state index is -0.187. The van der Waals surface area contributed by atoms with E-state index in [2.05, 4.69) is 23.4 Å². The second kappa shape index (κ2) is 3.54. The number of nitrogens with zero attached hydrogens (tertiary/aromatic N) is 2. The number of nitrogens with one attached hydrogen (secondary N) is 1. The smallest absolute Gasteiger partial charge is 0.173 e. The first-order chi connectivity index (χ1) is 4.26. The van der Waals surface area contributed by atoms with E-state index in [4.69, 9.17) is 10.5 Å². The lowest BCUT2D eigenvalue weighted by atomic mass is 10.4. The molecule has 0 aromatic rings. The highest BCUT2D eigenvalue weighted by atomic mass is 16.2. The van der Waals surface area contributed by atoms with Gasteiger partial charge in [-0.1, -0.05) is 0 Å². The minimum absolute atomic E-state index is 0.0185. The summed E-state index contributed by atoms with van der Waals surface area (Å²) in [5, 5.41) is 15.2. The van der Waals surface area contributed by atoms with E-state index in [1.165, 1.54) is 0 Å². The minimum Gasteiger partial charge on any atom is -0.513 e. The largest absolute Gasteiger partial charge is 0.513 e. The molecule has 0 atom stereocenters. The van der Waals surface area contributed by atoms with Gasteiger partial charge in [0.15, 0.2) is 5.84 Å². The number of amidine groups is 1. The first kappa shape index (κ1) is 7.55. The van der Waals surface area contributed by atoms with E-state index < -0.39 is 0 Å². The number of aliphatic hydroxyl groups is 1. The van der Waals surface area contributed by atoms with E-state index in [9.17, 15) is 0 Å². The third-order valence-corrected chi connectivity index (χ3v) is 0.693. The zero-order chi connectivity index (χ0) is 7.28. The molecule has 0 amide bonds. The summed E-state index contributed by atoms with van der Waals surface area (Å²) in [6, 6.07) is 0. The monoisotopic (exact) mass is 125 g/mol. The van der Waals surface area contributed by atoms with Crippen LogP contribution in [0.3, 0.4) is 0 Å². The second-order valence-corrected chi connectivity index (χ2v) is 1.18. The summed E-state index contributed by atoms with van der Waals surface area (Å²) in [7, 11) is 0. The molecule has 0 aromatic carbocycles. The van der Waals surface area contributed by atoms with Gasteiger partial charge < -0.3 is 5.11 Å². The second-order valence-electron chi connectivity index (χ2n) is 1.18. The Morgan fingerprint density at radius 3 is 2.11 bits per heavy atom. The van der Waals surface area contributed by atoms with Gasteiger partial charge in [0, 0.05) is 0 Å². The molecule has 9 heavy (non-hydrogen) atoms. The SMILES string of the molecule is C=NC(=N)/C(=C\O)N=C. The van der Waals surface area contributed by atoms with Crippen molar-refractivity contribution < 1.29 is 5.11 Å². The number of hydrogen-bond acceptors (Lipinski definition) is 3. The average molecular weight is 125 g/mol. The van der Waals surface area contributed by atoms with Crippen LogP contribution in [0.25, 0.3) is 0 Å². The van der Waals surface area contributed by atoms with Gasteiger partial charge in [0.1, 0.15) is 12.0 Å². The molecular formula is C5H7N3O. The topological polar surface area (TPSA) is 68.8 Å². The van der Waals surface area contributed by atoms with Crippen LogP contribution in [0.4, 0.5) is 0 Å². The Kier molecular flexibility index (Phi) is 2.97. The Labute approximate surface area is 52.8 Å². The van der Waals surface area contributed by atoms with Gasteiger partial charge in [0.05, 0.1) is 0 Å². The number of aliphatic hydroxyl groups excluding tert-OH is 1. The fourth-order valence-corrected chi connectivity index (χ4v) is 0.258. The van der Waals surface area contributed by atoms with E-state index in [1.54, 1.807) is 0 Å². The first-order valence-electron chi connectivity index (χ1n) is 2.13. The molecule has 48 valence electrons. The van der Waals surface area contributed by atoms with Crippen molar-refractivity contribution in [3.63, 3.8) is 0 Å². The zero-order valence-electron chi connectivity index (χ0n) is 4.83. The van der Waals surface area contributed by atoms with Crippen molar-refractivity contribution in [2.24, 2.45) is 9.98 Å². The molecule has 0 bridgehead atoms. The molecule has 4 nitrogen and oxygen atoms in total. The average Bonchev–Trinajstić information content (AvgIpc) is 1.90. The lowest BCUT2D eigenvalue weighted by molar-refractivity contribution is 0.469. The summed E-state index contributed by atoms with van der Waals surface area (Å²) < 4.78 is 0. The Morgan fingerprint density at radius 2 is 2.00 bits per heavy atom. The molecule has 0 spiro atoms. The van der Waals surface area contributed by atoms with Crippen LogP contribution in [0.2, 0.25) is 0 Å². The van der Waals surface area contributed by atoms with Crippen molar-refractivity contribution >= 4 is 19.3 Å². The fourth-order valence-electron chi connectivity index (χ4n) is 0.258. The number of hydrogen-bond donors (Lipinski definition) is 2. The van der Waals surface area contributed by atoms with Crippen molar-refractivity contribution in [3.05, 3.63) is 12.0 Å². The predicted octanol–water partition coefficient (Wildman–Crippen LogP) is 0.764. The van der Waals surface area contributed by atoms with Gasteiger partial charge in [-0.05, 0) is 13.4 Å². The quantitative estimate of drug-likeness (QED) is 0.319. The molecule has 0 saturated heterocycles. The van der Waals surface area contributed by atoms with Crippen LogP contribution >= 0.6 is 0 Å². The highest BCUT2D eigenvalue weighted by molar-refractivity contribution is 5.98. The van der Waals surface area contributed by atoms with Crippen molar-refractivity contribution in [2.75, 3.05) is 0 Å². The van der Waals surface area contributed by atoms with Crippen LogP contribution < -0.4 is 0 Å². The van der Waals surface area contributed by atoms with Crippen LogP contribution in [0.5, 0.6) is 0 Å². The van der Waals surface area contributed by atoms with Gasteiger partial charge in [-0.3, -0.25) is 10.4 Å². The molecule has 0 aliphatic rings. The van der Waals surface area contributed by atoms with E-state index in [0.717, 1.165) is 0 Å². The Balaban J connectivity index is 4.31. The molecule has 0 unspecified atom stereocenters. The summed E-state index contributed by atoms with van der Waals surface area (Å²) in [6.45, 7) is 6.16. The molecule has 0 rings (SSSR count). The van der Waals surface area contributed by atoms with Crippen molar-refractivity contribution in [3.8, 4) is 0 Å². The van der Waals surface area contributed by atoms with E-state index >= 15 is 0 Å². The van der Waals surface area contributed by atoms with Gasteiger partial charge in [0.2, 0.25) is 0 Å². The Hall–Kier alpha value is -1.45. The van der Waals surface area contributed by atoms with Gasteiger partial charge >= 0.3 is 0 Å². The summed E-state index contributed by atoms with van der Waals surface area (Å²) >= 11 is 0. The lowest BCUT2D eigenvalue weighted by Crippen LogP contribution is -1.92. The third kappa shape index (κ3) is 1.85. The fraction of sp³-hybridized carbons (Fsp3) is 0. The van der Waals surface area contributed by atoms with E-state index in [-0.39, 0.29) is 11.5 Å². The lowest BCUT2D eigenvalue weighted by Gasteiger charge is -1.91. The highest BCUT2D eigenvalue weighted by Gasteiger charge is 1.96. The van der Waals surface area contributed by atoms with Crippen LogP contribution in [0.1, 0.15) is 0 Å². The van der Waals surface area contributed by atoms with Crippen molar-refractivity contribution in [2.45, 2.75) is 0 Å². The molecule has 4 heteroatoms. The molecule has 0 aromatic heterocycles. The van der Waals surface area contributed by atoms with Crippen molar-refractivity contribution in [1.82, 2.24) is 0 Å². The molecule has 2 N–H and O–H groups in total. The maximum Gasteiger partial charge on any atom is 0.173 e. The molecular weight excluding hydrogens is 118 g/mol. The summed E-state index contributed by atoms with van der Waals surface area (Å²) in [4.78, 5) is 6.48. The number of aliphatic imine (C=N–C) groups is 2. The standard InChI is InChI=1S/C5H7N3O/c1-7-4(3-9)5(6)8-2/h3,6,9H,1-2H2/b4-3+,6-5?. The molecule has 0 heterocycles. The van der Waals surface area contributed by atoms with E-state index in [0.29, 0.717) is 6.26 Å². The van der Waals surface area contributed by atoms with Crippen LogP contribution in [-0.4, -0.2) is 24.4 Å². The van der Waals surface area contributed by atoms with Gasteiger partial charge in [0.25, 0.3) is 0 Å². The number of rotatable bonds is 2. The summed E-state index contributed by atoms with van der Waals surface area (Å²) in [6.07, 6.45) is 0.657. The normalized spacial score (nSPS) is 10.4. The molecule has 0 fully saturated rings. The van der Waals surface area contributed by atoms with Gasteiger partial charge in [-0.2, -0.15) is 0 Å². The summed E-state index contributed by atoms with van der Waals surface area (Å²) in [5.74, 6) is -0.187. The Morgan fingerprint density at radius 1 is 1.44 bits per heavy atom. The molecule has 0 aliphatic carbocycles. The van der Waals surface area contributed by atoms with Crippen molar-refractivity contribution in [1.29, 1.82) is 5.41 Å². The molecule has 0 radical (unpaired) electrons. The predicted molar refractivity (Wildman–Crippen MR) is 37.5 cm³/mol. The van der Waals surface area contributed by atoms with Gasteiger partial charge in [-0.25, -0.2) is 4.99 Å².